The van der Waals surface area contributed by atoms with Gasteiger partial charge in [0.15, 0.2) is 6.10 Å². The van der Waals surface area contributed by atoms with Gasteiger partial charge in [0.05, 0.1) is 0 Å². The van der Waals surface area contributed by atoms with Crippen LogP contribution >= 0.6 is 11.6 Å². The highest BCUT2D eigenvalue weighted by Gasteiger charge is 2.38. The van der Waals surface area contributed by atoms with Crippen molar-refractivity contribution >= 4 is 23.6 Å². The number of amides is 2. The number of nitrogens with zero attached hydrogens (tertiary/aromatic N) is 1. The maximum absolute atomic E-state index is 12.7. The summed E-state index contributed by atoms with van der Waals surface area (Å²) in [5, 5.41) is 0.725. The van der Waals surface area contributed by atoms with Gasteiger partial charge < -0.3 is 15.4 Å². The van der Waals surface area contributed by atoms with Crippen LogP contribution in [0.4, 0.5) is 4.79 Å². The second kappa shape index (κ2) is 7.43. The number of carbonyl (C=O) groups is 2. The Balaban J connectivity index is 2.00. The Kier molecular flexibility index (Phi) is 5.75. The monoisotopic (exact) mass is 352 g/mol. The Labute approximate surface area is 148 Å². The van der Waals surface area contributed by atoms with Crippen LogP contribution in [0.25, 0.3) is 0 Å². The number of hydrogen-bond donors (Lipinski definition) is 1. The first-order chi connectivity index (χ1) is 11.2. The molecule has 132 valence electrons. The summed E-state index contributed by atoms with van der Waals surface area (Å²) in [6.45, 7) is 6.86. The number of benzene rings is 1. The van der Waals surface area contributed by atoms with E-state index in [1.54, 1.807) is 4.90 Å². The molecule has 6 heteroatoms. The molecule has 0 radical (unpaired) electrons. The number of halogens is 1. The van der Waals surface area contributed by atoms with Gasteiger partial charge in [0.25, 0.3) is 5.91 Å². The molecule has 5 nitrogen and oxygen atoms in total. The van der Waals surface area contributed by atoms with Crippen LogP contribution < -0.4 is 5.73 Å². The third kappa shape index (κ3) is 4.63. The van der Waals surface area contributed by atoms with Crippen LogP contribution in [-0.4, -0.2) is 36.1 Å². The van der Waals surface area contributed by atoms with E-state index in [-0.39, 0.29) is 5.91 Å². The minimum absolute atomic E-state index is 0.171. The lowest BCUT2D eigenvalue weighted by Crippen LogP contribution is -2.50. The molecular formula is C18H25ClN2O3. The van der Waals surface area contributed by atoms with Gasteiger partial charge in [-0.05, 0) is 36.5 Å². The van der Waals surface area contributed by atoms with Gasteiger partial charge in [-0.15, -0.1) is 0 Å². The average molecular weight is 353 g/mol. The summed E-state index contributed by atoms with van der Waals surface area (Å²) in [5.74, 6) is 0.243. The SMILES string of the molecule is CC(C)(C)C(OC(N)=O)C(=O)N1CCC(c2ccc(Cl)cc2)CC1. The van der Waals surface area contributed by atoms with Crippen molar-refractivity contribution in [1.82, 2.24) is 4.90 Å². The van der Waals surface area contributed by atoms with E-state index in [1.807, 2.05) is 45.0 Å². The molecule has 0 aromatic heterocycles. The van der Waals surface area contributed by atoms with Gasteiger partial charge in [0.2, 0.25) is 0 Å². The average Bonchev–Trinajstić information content (AvgIpc) is 2.52. The summed E-state index contributed by atoms with van der Waals surface area (Å²) in [5.41, 5.74) is 5.87. The third-order valence-corrected chi connectivity index (χ3v) is 4.64. The second-order valence-corrected chi connectivity index (χ2v) is 7.77. The molecule has 1 aromatic rings. The Morgan fingerprint density at radius 3 is 2.21 bits per heavy atom. The molecule has 2 N–H and O–H groups in total. The van der Waals surface area contributed by atoms with Gasteiger partial charge in [-0.25, -0.2) is 4.79 Å². The molecule has 1 aliphatic rings. The number of piperidine rings is 1. The van der Waals surface area contributed by atoms with Crippen molar-refractivity contribution < 1.29 is 14.3 Å². The van der Waals surface area contributed by atoms with Gasteiger partial charge in [0.1, 0.15) is 0 Å². The molecule has 1 unspecified atom stereocenters. The molecular weight excluding hydrogens is 328 g/mol. The Hall–Kier alpha value is -1.75. The highest BCUT2D eigenvalue weighted by Crippen LogP contribution is 2.31. The maximum Gasteiger partial charge on any atom is 0.405 e. The topological polar surface area (TPSA) is 72.6 Å². The summed E-state index contributed by atoms with van der Waals surface area (Å²) in [7, 11) is 0. The first-order valence-corrected chi connectivity index (χ1v) is 8.56. The zero-order valence-corrected chi connectivity index (χ0v) is 15.2. The molecule has 2 amide bonds. The maximum atomic E-state index is 12.7. The van der Waals surface area contributed by atoms with Crippen molar-refractivity contribution in [1.29, 1.82) is 0 Å². The van der Waals surface area contributed by atoms with E-state index in [4.69, 9.17) is 22.1 Å². The number of likely N-dealkylation sites (tertiary alicyclic amines) is 1. The zero-order chi connectivity index (χ0) is 17.9. The van der Waals surface area contributed by atoms with Crippen molar-refractivity contribution in [2.75, 3.05) is 13.1 Å². The molecule has 0 bridgehead atoms. The van der Waals surface area contributed by atoms with Gasteiger partial charge in [-0.1, -0.05) is 44.5 Å². The fourth-order valence-corrected chi connectivity index (χ4v) is 3.17. The number of ether oxygens (including phenoxy) is 1. The molecule has 0 aliphatic carbocycles. The quantitative estimate of drug-likeness (QED) is 0.904. The first kappa shape index (κ1) is 18.6. The van der Waals surface area contributed by atoms with E-state index in [9.17, 15) is 9.59 Å². The molecule has 1 fully saturated rings. The molecule has 1 aromatic carbocycles. The number of rotatable bonds is 3. The molecule has 1 aliphatic heterocycles. The van der Waals surface area contributed by atoms with E-state index < -0.39 is 17.6 Å². The van der Waals surface area contributed by atoms with E-state index in [0.29, 0.717) is 19.0 Å². The standard InChI is InChI=1S/C18H25ClN2O3/c1-18(2,3)15(24-17(20)23)16(22)21-10-8-13(9-11-21)12-4-6-14(19)7-5-12/h4-7,13,15H,8-11H2,1-3H3,(H2,20,23). The van der Waals surface area contributed by atoms with Crippen molar-refractivity contribution in [2.24, 2.45) is 11.1 Å². The number of hydrogen-bond acceptors (Lipinski definition) is 3. The van der Waals surface area contributed by atoms with E-state index >= 15 is 0 Å². The van der Waals surface area contributed by atoms with Crippen LogP contribution in [0.3, 0.4) is 0 Å². The smallest absolute Gasteiger partial charge is 0.405 e. The largest absolute Gasteiger partial charge is 0.436 e. The van der Waals surface area contributed by atoms with E-state index in [0.717, 1.165) is 17.9 Å². The summed E-state index contributed by atoms with van der Waals surface area (Å²) in [6, 6.07) is 7.87. The van der Waals surface area contributed by atoms with Gasteiger partial charge in [-0.2, -0.15) is 0 Å². The predicted octanol–water partition coefficient (Wildman–Crippen LogP) is 3.56. The fraction of sp³-hybridized carbons (Fsp3) is 0.556. The number of primary amides is 1. The molecule has 1 atom stereocenters. The van der Waals surface area contributed by atoms with Crippen LogP contribution in [0.5, 0.6) is 0 Å². The second-order valence-electron chi connectivity index (χ2n) is 7.33. The van der Waals surface area contributed by atoms with Crippen LogP contribution in [0, 0.1) is 5.41 Å². The normalized spacial score (nSPS) is 17.4. The van der Waals surface area contributed by atoms with Gasteiger partial charge in [0, 0.05) is 23.5 Å². The van der Waals surface area contributed by atoms with Gasteiger partial charge in [-0.3, -0.25) is 4.79 Å². The van der Waals surface area contributed by atoms with Crippen LogP contribution in [0.1, 0.15) is 45.1 Å². The lowest BCUT2D eigenvalue weighted by Gasteiger charge is -2.37. The lowest BCUT2D eigenvalue weighted by molar-refractivity contribution is -0.146. The Morgan fingerprint density at radius 1 is 1.21 bits per heavy atom. The summed E-state index contributed by atoms with van der Waals surface area (Å²) < 4.78 is 5.09. The van der Waals surface area contributed by atoms with E-state index in [2.05, 4.69) is 0 Å². The molecule has 1 saturated heterocycles. The molecule has 2 rings (SSSR count). The van der Waals surface area contributed by atoms with Crippen LogP contribution in [0.15, 0.2) is 24.3 Å². The third-order valence-electron chi connectivity index (χ3n) is 4.39. The Bertz CT molecular complexity index is 587. The minimum atomic E-state index is -0.917. The molecule has 24 heavy (non-hydrogen) atoms. The molecule has 0 saturated carbocycles. The van der Waals surface area contributed by atoms with Crippen molar-refractivity contribution in [3.8, 4) is 0 Å². The van der Waals surface area contributed by atoms with E-state index in [1.165, 1.54) is 5.56 Å². The highest BCUT2D eigenvalue weighted by atomic mass is 35.5. The zero-order valence-electron chi connectivity index (χ0n) is 14.4. The van der Waals surface area contributed by atoms with Crippen LogP contribution in [-0.2, 0) is 9.53 Å². The summed E-state index contributed by atoms with van der Waals surface area (Å²) >= 11 is 5.93. The van der Waals surface area contributed by atoms with Crippen LogP contribution in [0.2, 0.25) is 5.02 Å². The predicted molar refractivity (Wildman–Crippen MR) is 93.9 cm³/mol. The summed E-state index contributed by atoms with van der Waals surface area (Å²) in [6.07, 6.45) is -0.0249. The number of nitrogens with two attached hydrogens (primary N) is 1. The van der Waals surface area contributed by atoms with Gasteiger partial charge >= 0.3 is 6.09 Å². The lowest BCUT2D eigenvalue weighted by atomic mass is 9.86. The summed E-state index contributed by atoms with van der Waals surface area (Å²) in [4.78, 5) is 25.6. The van der Waals surface area contributed by atoms with Crippen molar-refractivity contribution in [3.63, 3.8) is 0 Å². The Morgan fingerprint density at radius 2 is 1.75 bits per heavy atom. The molecule has 1 heterocycles. The fourth-order valence-electron chi connectivity index (χ4n) is 3.05. The van der Waals surface area contributed by atoms with Crippen molar-refractivity contribution in [3.05, 3.63) is 34.9 Å². The minimum Gasteiger partial charge on any atom is -0.436 e. The first-order valence-electron chi connectivity index (χ1n) is 8.19. The number of carbonyl (C=O) groups excluding carboxylic acids is 2. The molecule has 0 spiro atoms. The van der Waals surface area contributed by atoms with Crippen molar-refractivity contribution in [2.45, 2.75) is 45.6 Å². The highest BCUT2D eigenvalue weighted by molar-refractivity contribution is 6.30.